The standard InChI is InChI=1S/C23H28N4S/c1-4-17-5-7-19(8-6-17)24-23(28)27-11-9-18(10-12-27)22-25-20-13-15(2)16(3)14-21(20)26-22/h5-8,13-14,18H,4,9-12H2,1-3H3,(H,24,28)(H,25,26). The van der Waals surface area contributed by atoms with Gasteiger partial charge in [-0.25, -0.2) is 4.98 Å². The fourth-order valence-electron chi connectivity index (χ4n) is 3.86. The number of aromatic nitrogens is 2. The van der Waals surface area contributed by atoms with E-state index in [1.165, 1.54) is 16.7 Å². The van der Waals surface area contributed by atoms with Crippen LogP contribution in [0.3, 0.4) is 0 Å². The highest BCUT2D eigenvalue weighted by Gasteiger charge is 2.24. The Morgan fingerprint density at radius 2 is 1.82 bits per heavy atom. The van der Waals surface area contributed by atoms with Crippen LogP contribution in [0.1, 0.15) is 48.2 Å². The molecule has 0 saturated carbocycles. The van der Waals surface area contributed by atoms with Gasteiger partial charge >= 0.3 is 0 Å². The minimum atomic E-state index is 0.468. The van der Waals surface area contributed by atoms with Gasteiger partial charge in [0.15, 0.2) is 5.11 Å². The van der Waals surface area contributed by atoms with Crippen molar-refractivity contribution in [2.45, 2.75) is 46.0 Å². The Balaban J connectivity index is 1.38. The third-order valence-electron chi connectivity index (χ3n) is 5.90. The predicted molar refractivity (Wildman–Crippen MR) is 121 cm³/mol. The fraction of sp³-hybridized carbons (Fsp3) is 0.391. The summed E-state index contributed by atoms with van der Waals surface area (Å²) >= 11 is 5.65. The fourth-order valence-corrected chi connectivity index (χ4v) is 4.17. The zero-order valence-electron chi connectivity index (χ0n) is 16.9. The molecule has 28 heavy (non-hydrogen) atoms. The highest BCUT2D eigenvalue weighted by Crippen LogP contribution is 2.29. The van der Waals surface area contributed by atoms with Gasteiger partial charge in [0.05, 0.1) is 11.0 Å². The summed E-state index contributed by atoms with van der Waals surface area (Å²) in [6.07, 6.45) is 3.18. The normalized spacial score (nSPS) is 15.2. The van der Waals surface area contributed by atoms with Gasteiger partial charge in [0, 0.05) is 24.7 Å². The highest BCUT2D eigenvalue weighted by molar-refractivity contribution is 7.80. The molecule has 0 bridgehead atoms. The van der Waals surface area contributed by atoms with Gasteiger partial charge < -0.3 is 15.2 Å². The minimum Gasteiger partial charge on any atom is -0.349 e. The molecular formula is C23H28N4S. The van der Waals surface area contributed by atoms with Crippen molar-refractivity contribution in [2.24, 2.45) is 0 Å². The van der Waals surface area contributed by atoms with Crippen LogP contribution in [0.15, 0.2) is 36.4 Å². The maximum atomic E-state index is 5.65. The second kappa shape index (κ2) is 7.92. The van der Waals surface area contributed by atoms with E-state index in [0.29, 0.717) is 5.92 Å². The Morgan fingerprint density at radius 3 is 2.50 bits per heavy atom. The van der Waals surface area contributed by atoms with Crippen LogP contribution < -0.4 is 5.32 Å². The molecule has 4 nitrogen and oxygen atoms in total. The third kappa shape index (κ3) is 3.90. The van der Waals surface area contributed by atoms with Crippen molar-refractivity contribution in [3.8, 4) is 0 Å². The number of imidazole rings is 1. The number of benzene rings is 2. The summed E-state index contributed by atoms with van der Waals surface area (Å²) in [5.41, 5.74) is 7.23. The molecule has 1 aliphatic rings. The van der Waals surface area contributed by atoms with E-state index in [0.717, 1.165) is 60.0 Å². The van der Waals surface area contributed by atoms with Crippen LogP contribution in [0.2, 0.25) is 0 Å². The van der Waals surface area contributed by atoms with Gasteiger partial charge in [-0.2, -0.15) is 0 Å². The number of aromatic amines is 1. The molecule has 1 aromatic heterocycles. The van der Waals surface area contributed by atoms with Gasteiger partial charge in [-0.3, -0.25) is 0 Å². The van der Waals surface area contributed by atoms with Crippen molar-refractivity contribution in [1.29, 1.82) is 0 Å². The number of fused-ring (bicyclic) bond motifs is 1. The number of hydrogen-bond acceptors (Lipinski definition) is 2. The number of thiocarbonyl (C=S) groups is 1. The van der Waals surface area contributed by atoms with E-state index in [-0.39, 0.29) is 0 Å². The lowest BCUT2D eigenvalue weighted by molar-refractivity contribution is 0.311. The van der Waals surface area contributed by atoms with Gasteiger partial charge in [-0.05, 0) is 86.3 Å². The lowest BCUT2D eigenvalue weighted by Crippen LogP contribution is -2.40. The molecule has 1 aliphatic heterocycles. The molecule has 2 N–H and O–H groups in total. The number of nitrogens with one attached hydrogen (secondary N) is 2. The SMILES string of the molecule is CCc1ccc(NC(=S)N2CCC(c3nc4cc(C)c(C)cc4[nH]3)CC2)cc1. The smallest absolute Gasteiger partial charge is 0.173 e. The van der Waals surface area contributed by atoms with Crippen LogP contribution in [0.5, 0.6) is 0 Å². The number of anilines is 1. The molecule has 0 atom stereocenters. The third-order valence-corrected chi connectivity index (χ3v) is 6.26. The van der Waals surface area contributed by atoms with E-state index >= 15 is 0 Å². The highest BCUT2D eigenvalue weighted by atomic mass is 32.1. The average molecular weight is 393 g/mol. The second-order valence-corrected chi connectivity index (χ2v) is 8.20. The van der Waals surface area contributed by atoms with Crippen LogP contribution in [0.4, 0.5) is 5.69 Å². The number of nitrogens with zero attached hydrogens (tertiary/aromatic N) is 2. The van der Waals surface area contributed by atoms with Crippen molar-refractivity contribution in [3.05, 3.63) is 58.9 Å². The van der Waals surface area contributed by atoms with Crippen molar-refractivity contribution < 1.29 is 0 Å². The summed E-state index contributed by atoms with van der Waals surface area (Å²) in [7, 11) is 0. The second-order valence-electron chi connectivity index (χ2n) is 7.82. The van der Waals surface area contributed by atoms with E-state index in [1.54, 1.807) is 0 Å². The monoisotopic (exact) mass is 392 g/mol. The summed E-state index contributed by atoms with van der Waals surface area (Å²) in [5, 5.41) is 4.20. The molecule has 2 heterocycles. The van der Waals surface area contributed by atoms with Crippen molar-refractivity contribution in [1.82, 2.24) is 14.9 Å². The molecule has 1 fully saturated rings. The van der Waals surface area contributed by atoms with Gasteiger partial charge in [-0.15, -0.1) is 0 Å². The molecule has 0 radical (unpaired) electrons. The Morgan fingerprint density at radius 1 is 1.14 bits per heavy atom. The summed E-state index contributed by atoms with van der Waals surface area (Å²) in [5.74, 6) is 1.59. The van der Waals surface area contributed by atoms with E-state index < -0.39 is 0 Å². The number of hydrogen-bond donors (Lipinski definition) is 2. The van der Waals surface area contributed by atoms with Crippen molar-refractivity contribution in [3.63, 3.8) is 0 Å². The number of aryl methyl sites for hydroxylation is 3. The van der Waals surface area contributed by atoms with Gasteiger partial charge in [0.25, 0.3) is 0 Å². The van der Waals surface area contributed by atoms with E-state index in [9.17, 15) is 0 Å². The van der Waals surface area contributed by atoms with Crippen LogP contribution in [0.25, 0.3) is 11.0 Å². The maximum Gasteiger partial charge on any atom is 0.173 e. The molecule has 0 unspecified atom stereocenters. The van der Waals surface area contributed by atoms with Crippen LogP contribution in [-0.4, -0.2) is 33.1 Å². The first-order valence-corrected chi connectivity index (χ1v) is 10.6. The first-order chi connectivity index (χ1) is 13.5. The first kappa shape index (κ1) is 18.9. The Kier molecular flexibility index (Phi) is 5.36. The molecule has 5 heteroatoms. The Hall–Kier alpha value is -2.40. The van der Waals surface area contributed by atoms with Crippen molar-refractivity contribution >= 4 is 34.1 Å². The number of piperidine rings is 1. The van der Waals surface area contributed by atoms with E-state index in [1.807, 2.05) is 0 Å². The van der Waals surface area contributed by atoms with Crippen LogP contribution >= 0.6 is 12.2 Å². The summed E-state index contributed by atoms with van der Waals surface area (Å²) in [6.45, 7) is 8.38. The molecule has 0 amide bonds. The molecule has 0 spiro atoms. The number of rotatable bonds is 3. The summed E-state index contributed by atoms with van der Waals surface area (Å²) in [6, 6.07) is 12.9. The number of likely N-dealkylation sites (tertiary alicyclic amines) is 1. The zero-order chi connectivity index (χ0) is 19.7. The molecule has 1 saturated heterocycles. The van der Waals surface area contributed by atoms with E-state index in [2.05, 4.69) is 72.4 Å². The molecule has 2 aromatic carbocycles. The molecular weight excluding hydrogens is 364 g/mol. The Labute approximate surface area is 172 Å². The van der Waals surface area contributed by atoms with E-state index in [4.69, 9.17) is 17.2 Å². The summed E-state index contributed by atoms with van der Waals surface area (Å²) < 4.78 is 0. The molecule has 4 rings (SSSR count). The maximum absolute atomic E-state index is 5.65. The van der Waals surface area contributed by atoms with Gasteiger partial charge in [0.2, 0.25) is 0 Å². The largest absolute Gasteiger partial charge is 0.349 e. The molecule has 0 aliphatic carbocycles. The van der Waals surface area contributed by atoms with Crippen LogP contribution in [0, 0.1) is 13.8 Å². The summed E-state index contributed by atoms with van der Waals surface area (Å²) in [4.78, 5) is 10.7. The van der Waals surface area contributed by atoms with Gasteiger partial charge in [-0.1, -0.05) is 19.1 Å². The first-order valence-electron chi connectivity index (χ1n) is 10.1. The Bertz CT molecular complexity index is 943. The zero-order valence-corrected chi connectivity index (χ0v) is 17.7. The predicted octanol–water partition coefficient (Wildman–Crippen LogP) is 5.32. The average Bonchev–Trinajstić information content (AvgIpc) is 3.11. The topological polar surface area (TPSA) is 44.0 Å². The number of H-pyrrole nitrogens is 1. The quantitative estimate of drug-likeness (QED) is 0.592. The van der Waals surface area contributed by atoms with Crippen LogP contribution in [-0.2, 0) is 6.42 Å². The lowest BCUT2D eigenvalue weighted by atomic mass is 9.96. The van der Waals surface area contributed by atoms with Crippen molar-refractivity contribution in [2.75, 3.05) is 18.4 Å². The molecule has 146 valence electrons. The molecule has 3 aromatic rings. The minimum absolute atomic E-state index is 0.468. The van der Waals surface area contributed by atoms with Gasteiger partial charge in [0.1, 0.15) is 5.82 Å². The lowest BCUT2D eigenvalue weighted by Gasteiger charge is -2.33.